The van der Waals surface area contributed by atoms with Gasteiger partial charge in [0.15, 0.2) is 24.7 Å². The van der Waals surface area contributed by atoms with E-state index in [1.165, 1.54) is 0 Å². The summed E-state index contributed by atoms with van der Waals surface area (Å²) in [5.74, 6) is 1.26. The lowest BCUT2D eigenvalue weighted by Gasteiger charge is -2.09. The van der Waals surface area contributed by atoms with Gasteiger partial charge < -0.3 is 29.0 Å². The van der Waals surface area contributed by atoms with Gasteiger partial charge in [0.1, 0.15) is 11.5 Å². The molecule has 0 radical (unpaired) electrons. The van der Waals surface area contributed by atoms with E-state index in [-0.39, 0.29) is 13.4 Å². The molecule has 0 saturated heterocycles. The number of carbonyl (C=O) groups excluding carboxylic acids is 2. The number of amides is 1. The second-order valence-corrected chi connectivity index (χ2v) is 5.47. The van der Waals surface area contributed by atoms with Gasteiger partial charge in [0.2, 0.25) is 6.79 Å². The molecular formula is C19H19NO7. The summed E-state index contributed by atoms with van der Waals surface area (Å²) in [6, 6.07) is 11.8. The van der Waals surface area contributed by atoms with Crippen LogP contribution < -0.4 is 24.3 Å². The number of nitrogens with one attached hydrogen (secondary N) is 1. The topological polar surface area (TPSA) is 92.3 Å². The average molecular weight is 373 g/mol. The van der Waals surface area contributed by atoms with Gasteiger partial charge in [-0.05, 0) is 43.3 Å². The summed E-state index contributed by atoms with van der Waals surface area (Å²) in [7, 11) is 0. The molecule has 0 spiro atoms. The minimum Gasteiger partial charge on any atom is -0.494 e. The standard InChI is InChI=1S/C19H19NO7/c1-2-23-14-4-6-15(7-5-14)24-11-19(22)25-10-18(21)20-13-3-8-16-17(9-13)27-12-26-16/h3-9H,2,10-12H2,1H3,(H,20,21). The molecule has 142 valence electrons. The maximum atomic E-state index is 11.9. The molecule has 1 amide bonds. The van der Waals surface area contributed by atoms with Crippen molar-refractivity contribution in [2.24, 2.45) is 0 Å². The second kappa shape index (κ2) is 8.79. The summed E-state index contributed by atoms with van der Waals surface area (Å²) >= 11 is 0. The average Bonchev–Trinajstić information content (AvgIpc) is 3.14. The van der Waals surface area contributed by atoms with E-state index in [1.807, 2.05) is 6.92 Å². The minimum atomic E-state index is -0.648. The Morgan fingerprint density at radius 3 is 2.41 bits per heavy atom. The number of carbonyl (C=O) groups is 2. The van der Waals surface area contributed by atoms with Gasteiger partial charge >= 0.3 is 5.97 Å². The minimum absolute atomic E-state index is 0.151. The maximum absolute atomic E-state index is 11.9. The number of benzene rings is 2. The molecule has 0 fully saturated rings. The molecule has 3 rings (SSSR count). The molecule has 2 aromatic rings. The zero-order valence-corrected chi connectivity index (χ0v) is 14.7. The highest BCUT2D eigenvalue weighted by Gasteiger charge is 2.15. The van der Waals surface area contributed by atoms with Crippen molar-refractivity contribution in [2.75, 3.05) is 31.9 Å². The molecule has 8 nitrogen and oxygen atoms in total. The van der Waals surface area contributed by atoms with Crippen LogP contribution in [0.1, 0.15) is 6.92 Å². The van der Waals surface area contributed by atoms with Crippen molar-refractivity contribution in [3.63, 3.8) is 0 Å². The molecule has 1 aliphatic rings. The molecule has 0 bridgehead atoms. The summed E-state index contributed by atoms with van der Waals surface area (Å²) < 4.78 is 25.9. The number of hydrogen-bond acceptors (Lipinski definition) is 7. The third-order valence-corrected chi connectivity index (χ3v) is 3.51. The fourth-order valence-corrected chi connectivity index (χ4v) is 2.30. The van der Waals surface area contributed by atoms with Crippen LogP contribution in [0.5, 0.6) is 23.0 Å². The molecule has 1 heterocycles. The zero-order valence-electron chi connectivity index (χ0n) is 14.7. The summed E-state index contributed by atoms with van der Waals surface area (Å²) in [5.41, 5.74) is 0.519. The Morgan fingerprint density at radius 1 is 0.963 bits per heavy atom. The molecule has 1 N–H and O–H groups in total. The SMILES string of the molecule is CCOc1ccc(OCC(=O)OCC(=O)Nc2ccc3c(c2)OCO3)cc1. The van der Waals surface area contributed by atoms with Crippen LogP contribution in [0.2, 0.25) is 0 Å². The van der Waals surface area contributed by atoms with Gasteiger partial charge in [-0.25, -0.2) is 4.79 Å². The first-order valence-electron chi connectivity index (χ1n) is 8.35. The van der Waals surface area contributed by atoms with Crippen molar-refractivity contribution in [1.82, 2.24) is 0 Å². The van der Waals surface area contributed by atoms with Gasteiger partial charge in [0, 0.05) is 11.8 Å². The molecule has 8 heteroatoms. The van der Waals surface area contributed by atoms with Crippen LogP contribution in [0.25, 0.3) is 0 Å². The van der Waals surface area contributed by atoms with Crippen LogP contribution in [0.3, 0.4) is 0 Å². The van der Waals surface area contributed by atoms with Crippen LogP contribution in [0, 0.1) is 0 Å². The van der Waals surface area contributed by atoms with E-state index in [9.17, 15) is 9.59 Å². The van der Waals surface area contributed by atoms with Gasteiger partial charge in [-0.1, -0.05) is 0 Å². The first-order valence-corrected chi connectivity index (χ1v) is 8.35. The summed E-state index contributed by atoms with van der Waals surface area (Å²) in [6.07, 6.45) is 0. The highest BCUT2D eigenvalue weighted by Crippen LogP contribution is 2.34. The Balaban J connectivity index is 1.39. The first kappa shape index (κ1) is 18.4. The van der Waals surface area contributed by atoms with Crippen LogP contribution in [-0.2, 0) is 14.3 Å². The fraction of sp³-hybridized carbons (Fsp3) is 0.263. The molecule has 0 atom stereocenters. The number of anilines is 1. The van der Waals surface area contributed by atoms with E-state index in [0.29, 0.717) is 35.3 Å². The molecule has 0 aliphatic carbocycles. The molecule has 27 heavy (non-hydrogen) atoms. The lowest BCUT2D eigenvalue weighted by atomic mass is 10.3. The predicted molar refractivity (Wildman–Crippen MR) is 95.3 cm³/mol. The molecule has 0 unspecified atom stereocenters. The highest BCUT2D eigenvalue weighted by molar-refractivity contribution is 5.93. The predicted octanol–water partition coefficient (Wildman–Crippen LogP) is 2.37. The Morgan fingerprint density at radius 2 is 1.67 bits per heavy atom. The van der Waals surface area contributed by atoms with E-state index >= 15 is 0 Å². The quantitative estimate of drug-likeness (QED) is 0.710. The Labute approximate surface area is 155 Å². The number of hydrogen-bond donors (Lipinski definition) is 1. The molecule has 1 aliphatic heterocycles. The Bertz CT molecular complexity index is 804. The van der Waals surface area contributed by atoms with E-state index in [4.69, 9.17) is 23.7 Å². The molecular weight excluding hydrogens is 354 g/mol. The summed E-state index contributed by atoms with van der Waals surface area (Å²) in [5, 5.41) is 2.61. The lowest BCUT2D eigenvalue weighted by molar-refractivity contribution is -0.149. The van der Waals surface area contributed by atoms with Crippen molar-refractivity contribution in [3.05, 3.63) is 42.5 Å². The van der Waals surface area contributed by atoms with Crippen molar-refractivity contribution in [2.45, 2.75) is 6.92 Å². The van der Waals surface area contributed by atoms with Gasteiger partial charge in [-0.15, -0.1) is 0 Å². The van der Waals surface area contributed by atoms with E-state index < -0.39 is 18.5 Å². The fourth-order valence-electron chi connectivity index (χ4n) is 2.30. The maximum Gasteiger partial charge on any atom is 0.344 e. The van der Waals surface area contributed by atoms with Gasteiger partial charge in [0.05, 0.1) is 6.61 Å². The molecule has 0 aromatic heterocycles. The summed E-state index contributed by atoms with van der Waals surface area (Å²) in [6.45, 7) is 1.90. The van der Waals surface area contributed by atoms with Gasteiger partial charge in [0.25, 0.3) is 5.91 Å². The van der Waals surface area contributed by atoms with E-state index in [2.05, 4.69) is 5.32 Å². The Hall–Kier alpha value is -3.42. The van der Waals surface area contributed by atoms with Crippen molar-refractivity contribution in [3.8, 4) is 23.0 Å². The van der Waals surface area contributed by atoms with Crippen LogP contribution in [-0.4, -0.2) is 38.5 Å². The number of fused-ring (bicyclic) bond motifs is 1. The van der Waals surface area contributed by atoms with Crippen molar-refractivity contribution < 1.29 is 33.3 Å². The normalized spacial score (nSPS) is 11.6. The first-order chi connectivity index (χ1) is 13.1. The van der Waals surface area contributed by atoms with Crippen LogP contribution in [0.4, 0.5) is 5.69 Å². The summed E-state index contributed by atoms with van der Waals surface area (Å²) in [4.78, 5) is 23.6. The molecule has 0 saturated carbocycles. The second-order valence-electron chi connectivity index (χ2n) is 5.47. The van der Waals surface area contributed by atoms with Crippen molar-refractivity contribution >= 4 is 17.6 Å². The third-order valence-electron chi connectivity index (χ3n) is 3.51. The van der Waals surface area contributed by atoms with E-state index in [1.54, 1.807) is 42.5 Å². The van der Waals surface area contributed by atoms with Gasteiger partial charge in [-0.3, -0.25) is 4.79 Å². The highest BCUT2D eigenvalue weighted by atomic mass is 16.7. The largest absolute Gasteiger partial charge is 0.494 e. The van der Waals surface area contributed by atoms with Crippen LogP contribution in [0.15, 0.2) is 42.5 Å². The number of rotatable bonds is 8. The Kier molecular flexibility index (Phi) is 5.98. The smallest absolute Gasteiger partial charge is 0.344 e. The van der Waals surface area contributed by atoms with Crippen LogP contribution >= 0.6 is 0 Å². The van der Waals surface area contributed by atoms with Crippen molar-refractivity contribution in [1.29, 1.82) is 0 Å². The lowest BCUT2D eigenvalue weighted by Crippen LogP contribution is -2.23. The molecule has 2 aromatic carbocycles. The zero-order chi connectivity index (χ0) is 19.1. The third kappa shape index (κ3) is 5.27. The van der Waals surface area contributed by atoms with E-state index in [0.717, 1.165) is 0 Å². The number of ether oxygens (including phenoxy) is 5. The monoisotopic (exact) mass is 373 g/mol. The number of esters is 1. The van der Waals surface area contributed by atoms with Gasteiger partial charge in [-0.2, -0.15) is 0 Å².